The number of halogens is 1. The van der Waals surface area contributed by atoms with Gasteiger partial charge in [-0.25, -0.2) is 38.4 Å². The summed E-state index contributed by atoms with van der Waals surface area (Å²) in [6.45, 7) is -2.90. The van der Waals surface area contributed by atoms with Crippen LogP contribution in [-0.2, 0) is 104 Å². The number of ether oxygens (including phenoxy) is 21. The van der Waals surface area contributed by atoms with Crippen LogP contribution >= 0.6 is 11.6 Å². The lowest BCUT2D eigenvalue weighted by Gasteiger charge is -2.53. The van der Waals surface area contributed by atoms with E-state index in [2.05, 4.69) is 10.0 Å². The summed E-state index contributed by atoms with van der Waals surface area (Å²) in [6, 6.07) is 78.7. The summed E-state index contributed by atoms with van der Waals surface area (Å²) in [5, 5.41) is 3.65. The molecule has 0 amide bonds. The number of nitrogens with zero attached hydrogens (tertiary/aromatic N) is 3. The molecular formula is C99H88ClN3O30. The van der Waals surface area contributed by atoms with Crippen molar-refractivity contribution in [2.45, 2.75) is 142 Å². The summed E-state index contributed by atoms with van der Waals surface area (Å²) in [6.07, 6.45) is -40.5. The van der Waals surface area contributed by atoms with Crippen molar-refractivity contribution in [2.75, 3.05) is 45.5 Å². The van der Waals surface area contributed by atoms with Crippen molar-refractivity contribution in [3.63, 3.8) is 0 Å². The molecule has 0 bridgehead atoms. The third kappa shape index (κ3) is 23.2. The highest BCUT2D eigenvalue weighted by atomic mass is 35.5. The van der Waals surface area contributed by atoms with Crippen molar-refractivity contribution in [3.05, 3.63) is 369 Å². The minimum absolute atomic E-state index is 0.00545. The fraction of sp³-hybridized carbons (Fsp3) is 0.303. The first-order valence-electron chi connectivity index (χ1n) is 42.7. The summed E-state index contributed by atoms with van der Waals surface area (Å²) < 4.78 is 142. The van der Waals surface area contributed by atoms with Crippen LogP contribution in [0.15, 0.2) is 308 Å². The van der Waals surface area contributed by atoms with E-state index in [0.29, 0.717) is 11.1 Å². The number of alkyl halides is 1. The van der Waals surface area contributed by atoms with Gasteiger partial charge in [0, 0.05) is 22.6 Å². The van der Waals surface area contributed by atoms with E-state index in [1.807, 2.05) is 0 Å². The number of esters is 9. The normalized spacial score (nSPS) is 27.0. The van der Waals surface area contributed by atoms with E-state index in [1.54, 1.807) is 182 Å². The van der Waals surface area contributed by atoms with Crippen LogP contribution < -0.4 is 0 Å². The highest BCUT2D eigenvalue weighted by molar-refractivity contribution is 6.26. The highest BCUT2D eigenvalue weighted by Gasteiger charge is 2.63. The summed E-state index contributed by atoms with van der Waals surface area (Å²) in [7, 11) is 0. The molecule has 34 heteroatoms. The number of carbonyl (C=O) groups excluding carboxylic acids is 9. The largest absolute Gasteiger partial charge is 0.459 e. The molecule has 6 aliphatic rings. The Morgan fingerprint density at radius 3 is 0.932 bits per heavy atom. The first-order valence-corrected chi connectivity index (χ1v) is 43.2. The molecule has 6 heterocycles. The van der Waals surface area contributed by atoms with Gasteiger partial charge in [-0.2, -0.15) is 0 Å². The lowest BCUT2D eigenvalue weighted by Crippen LogP contribution is -2.70. The van der Waals surface area contributed by atoms with Crippen LogP contribution in [0.3, 0.4) is 0 Å². The number of fused-ring (bicyclic) bond motifs is 2. The van der Waals surface area contributed by atoms with Gasteiger partial charge in [0.05, 0.1) is 64.3 Å². The third-order valence-electron chi connectivity index (χ3n) is 22.2. The molecule has 686 valence electrons. The van der Waals surface area contributed by atoms with E-state index in [9.17, 15) is 29.5 Å². The Balaban J connectivity index is 0.873. The number of hydrogen-bond acceptors (Lipinski definition) is 31. The number of benzene rings is 10. The molecule has 0 aromatic heterocycles. The summed E-state index contributed by atoms with van der Waals surface area (Å²) in [4.78, 5) is 138. The summed E-state index contributed by atoms with van der Waals surface area (Å²) in [5.74, 6) is -10.1. The van der Waals surface area contributed by atoms with Crippen LogP contribution in [0.1, 0.15) is 113 Å². The molecular weight excluding hydrogens is 1750 g/mol. The van der Waals surface area contributed by atoms with E-state index in [-0.39, 0.29) is 70.7 Å². The Morgan fingerprint density at radius 2 is 0.594 bits per heavy atom. The minimum Gasteiger partial charge on any atom is -0.459 e. The van der Waals surface area contributed by atoms with Crippen LogP contribution in [0.25, 0.3) is 10.4 Å². The predicted molar refractivity (Wildman–Crippen MR) is 462 cm³/mol. The predicted octanol–water partition coefficient (Wildman–Crippen LogP) is 13.2. The van der Waals surface area contributed by atoms with Gasteiger partial charge in [0.25, 0.3) is 0 Å². The van der Waals surface area contributed by atoms with Gasteiger partial charge < -0.3 is 99.5 Å². The van der Waals surface area contributed by atoms with Gasteiger partial charge in [-0.3, -0.25) is 4.79 Å². The second-order valence-corrected chi connectivity index (χ2v) is 31.2. The van der Waals surface area contributed by atoms with Gasteiger partial charge in [-0.05, 0) is 109 Å². The molecule has 0 spiro atoms. The van der Waals surface area contributed by atoms with Crippen molar-refractivity contribution in [3.8, 4) is 0 Å². The Labute approximate surface area is 765 Å². The van der Waals surface area contributed by atoms with Crippen molar-refractivity contribution in [2.24, 2.45) is 5.11 Å². The van der Waals surface area contributed by atoms with Gasteiger partial charge in [0.2, 0.25) is 0 Å². The van der Waals surface area contributed by atoms with Gasteiger partial charge in [0.15, 0.2) is 80.5 Å². The quantitative estimate of drug-likeness (QED) is 0.00701. The lowest BCUT2D eigenvalue weighted by atomic mass is 9.94. The maximum atomic E-state index is 15.7. The fourth-order valence-electron chi connectivity index (χ4n) is 15.8. The number of azide groups is 1. The molecule has 22 atom stereocenters. The summed E-state index contributed by atoms with van der Waals surface area (Å²) in [5.41, 5.74) is 10.0. The van der Waals surface area contributed by atoms with Crippen LogP contribution in [0.4, 0.5) is 0 Å². The van der Waals surface area contributed by atoms with Gasteiger partial charge >= 0.3 is 53.7 Å². The minimum atomic E-state index is -2.30. The number of carbonyl (C=O) groups is 9. The molecule has 10 aromatic rings. The lowest BCUT2D eigenvalue weighted by molar-refractivity contribution is -0.410. The number of rotatable bonds is 33. The Hall–Kier alpha value is -13.5. The van der Waals surface area contributed by atoms with Crippen LogP contribution in [0, 0.1) is 0 Å². The molecule has 6 saturated heterocycles. The Kier molecular flexibility index (Phi) is 31.5. The average Bonchev–Trinajstić information content (AvgIpc) is 0.762. The van der Waals surface area contributed by atoms with Crippen molar-refractivity contribution < 1.29 is 143 Å². The van der Waals surface area contributed by atoms with Crippen LogP contribution in [-0.4, -0.2) is 222 Å². The first-order chi connectivity index (χ1) is 65.1. The standard InChI is InChI=1S/C99H88ClN3O30/c100-54-73(104)122-78-74-71(57-116-94(129-74)67-48-27-9-28-49-67)120-97(83(78)126-91(110)64-42-21-6-22-43-64)132-76-70(56-115-87(106)60-34-13-2-14-35-60)119-99(84(127-92(111)65-44-23-7-24-45-65)80(76)124-89(108)62-38-17-4-18-39-62)133-81-77-72(58-117-95(130-77)68-50-29-10-30-51-68)121-98(85(81)128-93(112)66-46-25-8-26-47-66)131-75-69(55-114-86(105)59-32-11-1-12-33-59)118-96(113-53-31-52-102-103-101)82(125-90(109)63-40-19-5-20-41-63)79(75)123-88(107)61-36-15-3-16-37-61/h1-30,32-51,69-72,74-85,94-99H,31,52-58H2/t69-,70-,71-,72-,74-,75-,76-,77-,78+,79+,80+,81+,82-,83-,84-,85-,94?,95?,96-,97+,98+,99+/m1/s1. The smallest absolute Gasteiger partial charge is 0.338 e. The zero-order chi connectivity index (χ0) is 91.9. The molecule has 6 aliphatic heterocycles. The monoisotopic (exact) mass is 1830 g/mol. The van der Waals surface area contributed by atoms with E-state index < -0.39 is 215 Å². The topological polar surface area (TPSA) is 396 Å². The van der Waals surface area contributed by atoms with Crippen molar-refractivity contribution >= 4 is 65.3 Å². The van der Waals surface area contributed by atoms with Crippen LogP contribution in [0.2, 0.25) is 0 Å². The molecule has 0 aliphatic carbocycles. The molecule has 10 aromatic carbocycles. The third-order valence-corrected chi connectivity index (χ3v) is 22.4. The molecule has 0 N–H and O–H groups in total. The van der Waals surface area contributed by atoms with E-state index >= 15 is 19.2 Å². The van der Waals surface area contributed by atoms with E-state index in [0.717, 1.165) is 0 Å². The summed E-state index contributed by atoms with van der Waals surface area (Å²) >= 11 is 6.29. The second kappa shape index (κ2) is 45.1. The first kappa shape index (κ1) is 92.8. The molecule has 33 nitrogen and oxygen atoms in total. The average molecular weight is 1840 g/mol. The van der Waals surface area contributed by atoms with Crippen molar-refractivity contribution in [1.29, 1.82) is 0 Å². The molecule has 6 fully saturated rings. The Morgan fingerprint density at radius 1 is 0.316 bits per heavy atom. The van der Waals surface area contributed by atoms with E-state index in [4.69, 9.17) is 111 Å². The zero-order valence-corrected chi connectivity index (χ0v) is 71.4. The zero-order valence-electron chi connectivity index (χ0n) is 70.7. The maximum absolute atomic E-state index is 15.7. The van der Waals surface area contributed by atoms with Gasteiger partial charge in [-0.15, -0.1) is 11.6 Å². The van der Waals surface area contributed by atoms with Crippen LogP contribution in [0.5, 0.6) is 0 Å². The highest BCUT2D eigenvalue weighted by Crippen LogP contribution is 2.45. The second-order valence-electron chi connectivity index (χ2n) is 30.9. The molecule has 2 unspecified atom stereocenters. The number of hydrogen-bond donors (Lipinski definition) is 0. The van der Waals surface area contributed by atoms with Gasteiger partial charge in [-0.1, -0.05) is 211 Å². The molecule has 133 heavy (non-hydrogen) atoms. The fourth-order valence-corrected chi connectivity index (χ4v) is 15.8. The molecule has 16 rings (SSSR count). The maximum Gasteiger partial charge on any atom is 0.338 e. The Bertz CT molecular complexity index is 5610. The van der Waals surface area contributed by atoms with Crippen molar-refractivity contribution in [1.82, 2.24) is 0 Å². The SMILES string of the molecule is [N-]=[N+]=NCCCO[C@@H]1O[C@H](COC(=O)c2ccccc2)[C@@H](O[C@@H]2O[C@@H]3COC(c4ccccc4)O[C@H]3[C@H](O[C@@H]3O[C@H](COC(=O)c4ccccc4)[C@@H](O[C@@H]4O[C@@H]5COC(c6ccccc6)O[C@H]5[C@H](OC(=O)CCl)[C@H]4OC(=O)c4ccccc4)[C@H](OC(=O)c4ccccc4)[C@H]3OC(=O)c3ccccc3)[C@H]2OC(=O)c2ccccc2)[C@H](OC(=O)c2ccccc2)[C@H]1OC(=O)c1ccccc1. The molecule has 0 radical (unpaired) electrons. The van der Waals surface area contributed by atoms with Gasteiger partial charge in [0.1, 0.15) is 74.0 Å². The molecule has 0 saturated carbocycles. The van der Waals surface area contributed by atoms with E-state index in [1.165, 1.54) is 121 Å².